The van der Waals surface area contributed by atoms with Crippen LogP contribution in [0, 0.1) is 5.92 Å². The standard InChI is InChI=1S/C19H29NO4/c1-14-7-5-9-20(13-14)10-6-8-16(21)19-17(23-3)11-15(22-2)12-18(19)24-4/h11-12,14H,5-10,13H2,1-4H3/t14-/m0/s1. The van der Waals surface area contributed by atoms with Crippen molar-refractivity contribution in [2.75, 3.05) is 41.0 Å². The van der Waals surface area contributed by atoms with Gasteiger partial charge in [-0.2, -0.15) is 0 Å². The highest BCUT2D eigenvalue weighted by Gasteiger charge is 2.21. The number of likely N-dealkylation sites (tertiary alicyclic amines) is 1. The van der Waals surface area contributed by atoms with E-state index in [4.69, 9.17) is 14.2 Å². The van der Waals surface area contributed by atoms with E-state index in [9.17, 15) is 4.79 Å². The Morgan fingerprint density at radius 2 is 1.83 bits per heavy atom. The lowest BCUT2D eigenvalue weighted by Crippen LogP contribution is -2.35. The molecule has 1 aliphatic rings. The molecule has 0 saturated carbocycles. The van der Waals surface area contributed by atoms with Gasteiger partial charge >= 0.3 is 0 Å². The number of hydrogen-bond donors (Lipinski definition) is 0. The van der Waals surface area contributed by atoms with Gasteiger partial charge in [-0.3, -0.25) is 4.79 Å². The number of carbonyl (C=O) groups is 1. The van der Waals surface area contributed by atoms with Crippen molar-refractivity contribution < 1.29 is 19.0 Å². The zero-order valence-corrected chi connectivity index (χ0v) is 15.3. The van der Waals surface area contributed by atoms with Gasteiger partial charge in [0.05, 0.1) is 21.3 Å². The fourth-order valence-electron chi connectivity index (χ4n) is 3.36. The van der Waals surface area contributed by atoms with Gasteiger partial charge in [0.2, 0.25) is 0 Å². The lowest BCUT2D eigenvalue weighted by atomic mass is 9.99. The molecule has 0 aromatic heterocycles. The molecule has 0 bridgehead atoms. The van der Waals surface area contributed by atoms with Crippen molar-refractivity contribution in [2.45, 2.75) is 32.6 Å². The summed E-state index contributed by atoms with van der Waals surface area (Å²) in [5, 5.41) is 0. The summed E-state index contributed by atoms with van der Waals surface area (Å²) >= 11 is 0. The molecule has 1 aromatic rings. The van der Waals surface area contributed by atoms with Crippen molar-refractivity contribution in [3.8, 4) is 17.2 Å². The first-order chi connectivity index (χ1) is 11.6. The maximum atomic E-state index is 12.7. The summed E-state index contributed by atoms with van der Waals surface area (Å²) < 4.78 is 16.0. The molecule has 2 rings (SSSR count). The average Bonchev–Trinajstić information content (AvgIpc) is 2.60. The van der Waals surface area contributed by atoms with Gasteiger partial charge in [0, 0.05) is 25.1 Å². The first-order valence-electron chi connectivity index (χ1n) is 8.64. The zero-order valence-electron chi connectivity index (χ0n) is 15.3. The summed E-state index contributed by atoms with van der Waals surface area (Å²) in [6.07, 6.45) is 3.92. The first kappa shape index (κ1) is 18.6. The van der Waals surface area contributed by atoms with Crippen molar-refractivity contribution in [1.29, 1.82) is 0 Å². The quantitative estimate of drug-likeness (QED) is 0.681. The van der Waals surface area contributed by atoms with Gasteiger partial charge in [-0.15, -0.1) is 0 Å². The molecule has 1 fully saturated rings. The summed E-state index contributed by atoms with van der Waals surface area (Å²) in [6, 6.07) is 3.45. The zero-order chi connectivity index (χ0) is 17.5. The van der Waals surface area contributed by atoms with Crippen molar-refractivity contribution >= 4 is 5.78 Å². The Balaban J connectivity index is 2.00. The molecular weight excluding hydrogens is 306 g/mol. The van der Waals surface area contributed by atoms with Gasteiger partial charge in [-0.05, 0) is 38.3 Å². The molecule has 0 radical (unpaired) electrons. The van der Waals surface area contributed by atoms with Crippen LogP contribution in [0.4, 0.5) is 0 Å². The minimum absolute atomic E-state index is 0.0522. The van der Waals surface area contributed by atoms with Crippen molar-refractivity contribution in [2.24, 2.45) is 5.92 Å². The summed E-state index contributed by atoms with van der Waals surface area (Å²) in [6.45, 7) is 5.55. The third-order valence-electron chi connectivity index (χ3n) is 4.61. The predicted octanol–water partition coefficient (Wildman–Crippen LogP) is 3.41. The van der Waals surface area contributed by atoms with Crippen LogP contribution in [0.1, 0.15) is 43.0 Å². The molecule has 1 aliphatic heterocycles. The molecule has 0 aliphatic carbocycles. The van der Waals surface area contributed by atoms with E-state index >= 15 is 0 Å². The number of ether oxygens (including phenoxy) is 3. The van der Waals surface area contributed by atoms with Gasteiger partial charge < -0.3 is 19.1 Å². The van der Waals surface area contributed by atoms with Crippen molar-refractivity contribution in [3.05, 3.63) is 17.7 Å². The van der Waals surface area contributed by atoms with Crippen LogP contribution in [-0.4, -0.2) is 51.6 Å². The maximum absolute atomic E-state index is 12.7. The number of hydrogen-bond acceptors (Lipinski definition) is 5. The molecule has 5 nitrogen and oxygen atoms in total. The van der Waals surface area contributed by atoms with E-state index in [2.05, 4.69) is 11.8 Å². The molecule has 0 spiro atoms. The van der Waals surface area contributed by atoms with Gasteiger partial charge in [0.25, 0.3) is 0 Å². The predicted molar refractivity (Wildman–Crippen MR) is 94.5 cm³/mol. The Labute approximate surface area is 144 Å². The van der Waals surface area contributed by atoms with Crippen LogP contribution in [0.15, 0.2) is 12.1 Å². The molecule has 1 atom stereocenters. The second-order valence-corrected chi connectivity index (χ2v) is 6.48. The fourth-order valence-corrected chi connectivity index (χ4v) is 3.36. The van der Waals surface area contributed by atoms with Gasteiger partial charge in [0.1, 0.15) is 22.8 Å². The molecule has 0 amide bonds. The number of piperidine rings is 1. The number of ketones is 1. The van der Waals surface area contributed by atoms with Gasteiger partial charge in [-0.1, -0.05) is 6.92 Å². The highest BCUT2D eigenvalue weighted by Crippen LogP contribution is 2.35. The second-order valence-electron chi connectivity index (χ2n) is 6.48. The maximum Gasteiger partial charge on any atom is 0.170 e. The van der Waals surface area contributed by atoms with E-state index in [0.29, 0.717) is 29.2 Å². The Morgan fingerprint density at radius 1 is 1.17 bits per heavy atom. The molecule has 1 heterocycles. The minimum atomic E-state index is 0.0522. The van der Waals surface area contributed by atoms with Crippen molar-refractivity contribution in [3.63, 3.8) is 0 Å². The number of benzene rings is 1. The molecule has 5 heteroatoms. The van der Waals surface area contributed by atoms with Crippen LogP contribution in [0.5, 0.6) is 17.2 Å². The van der Waals surface area contributed by atoms with E-state index in [1.165, 1.54) is 12.8 Å². The lowest BCUT2D eigenvalue weighted by molar-refractivity contribution is 0.0964. The number of carbonyl (C=O) groups excluding carboxylic acids is 1. The molecule has 0 unspecified atom stereocenters. The van der Waals surface area contributed by atoms with E-state index in [1.807, 2.05) is 0 Å². The summed E-state index contributed by atoms with van der Waals surface area (Å²) in [5.41, 5.74) is 0.507. The molecule has 24 heavy (non-hydrogen) atoms. The summed E-state index contributed by atoms with van der Waals surface area (Å²) in [7, 11) is 4.69. The van der Waals surface area contributed by atoms with Crippen LogP contribution in [0.25, 0.3) is 0 Å². The Morgan fingerprint density at radius 3 is 2.38 bits per heavy atom. The van der Waals surface area contributed by atoms with Crippen LogP contribution < -0.4 is 14.2 Å². The second kappa shape index (κ2) is 8.92. The highest BCUT2D eigenvalue weighted by atomic mass is 16.5. The molecule has 1 saturated heterocycles. The van der Waals surface area contributed by atoms with Crippen LogP contribution >= 0.6 is 0 Å². The average molecular weight is 335 g/mol. The fraction of sp³-hybridized carbons (Fsp3) is 0.632. The van der Waals surface area contributed by atoms with Crippen LogP contribution in [0.2, 0.25) is 0 Å². The number of methoxy groups -OCH3 is 3. The monoisotopic (exact) mass is 335 g/mol. The minimum Gasteiger partial charge on any atom is -0.496 e. The van der Waals surface area contributed by atoms with E-state index in [-0.39, 0.29) is 5.78 Å². The third kappa shape index (κ3) is 4.63. The Bertz CT molecular complexity index is 533. The summed E-state index contributed by atoms with van der Waals surface area (Å²) in [4.78, 5) is 15.2. The lowest BCUT2D eigenvalue weighted by Gasteiger charge is -2.30. The molecule has 0 N–H and O–H groups in total. The van der Waals surface area contributed by atoms with E-state index < -0.39 is 0 Å². The molecule has 134 valence electrons. The topological polar surface area (TPSA) is 48.0 Å². The van der Waals surface area contributed by atoms with E-state index in [1.54, 1.807) is 33.5 Å². The third-order valence-corrected chi connectivity index (χ3v) is 4.61. The summed E-state index contributed by atoms with van der Waals surface area (Å²) in [5.74, 6) is 2.43. The largest absolute Gasteiger partial charge is 0.496 e. The van der Waals surface area contributed by atoms with Gasteiger partial charge in [0.15, 0.2) is 5.78 Å². The Hall–Kier alpha value is -1.75. The highest BCUT2D eigenvalue weighted by molar-refractivity contribution is 6.01. The smallest absolute Gasteiger partial charge is 0.170 e. The number of rotatable bonds is 8. The van der Waals surface area contributed by atoms with Crippen molar-refractivity contribution in [1.82, 2.24) is 4.90 Å². The first-order valence-corrected chi connectivity index (χ1v) is 8.64. The number of nitrogens with zero attached hydrogens (tertiary/aromatic N) is 1. The van der Waals surface area contributed by atoms with Crippen LogP contribution in [0.3, 0.4) is 0 Å². The normalized spacial score (nSPS) is 18.2. The van der Waals surface area contributed by atoms with E-state index in [0.717, 1.165) is 32.0 Å². The SMILES string of the molecule is COc1cc(OC)c(C(=O)CCCN2CCC[C@H](C)C2)c(OC)c1. The molecular formula is C19H29NO4. The number of Topliss-reactive ketones (excluding diaryl/α,β-unsaturated/α-hetero) is 1. The molecule has 1 aromatic carbocycles. The van der Waals surface area contributed by atoms with Crippen LogP contribution in [-0.2, 0) is 0 Å². The Kier molecular flexibility index (Phi) is 6.91. The van der Waals surface area contributed by atoms with Gasteiger partial charge in [-0.25, -0.2) is 0 Å².